The summed E-state index contributed by atoms with van der Waals surface area (Å²) in [6.07, 6.45) is -15.9. The molecule has 3 N–H and O–H groups in total. The van der Waals surface area contributed by atoms with Gasteiger partial charge < -0.3 is 59.9 Å². The molecule has 0 aromatic carbocycles. The van der Waals surface area contributed by atoms with E-state index in [1.54, 1.807) is 30.7 Å². The quantitative estimate of drug-likeness (QED) is 0.175. The topological polar surface area (TPSA) is 262 Å². The number of hydrogen-bond acceptors (Lipinski definition) is 13. The van der Waals surface area contributed by atoms with Gasteiger partial charge in [-0.05, 0) is 146 Å². The molecule has 4 aliphatic carbocycles. The predicted molar refractivity (Wildman–Crippen MR) is 379 cm³/mol. The molecule has 2 unspecified atom stereocenters. The molecule has 4 aliphatic heterocycles. The Balaban J connectivity index is 1.19. The lowest BCUT2D eigenvalue weighted by atomic mass is 9.74. The first-order valence-corrected chi connectivity index (χ1v) is 39.3. The number of morpholine rings is 1. The highest BCUT2D eigenvalue weighted by Gasteiger charge is 2.57. The van der Waals surface area contributed by atoms with Crippen molar-refractivity contribution in [2.24, 2.45) is 41.4 Å². The Kier molecular flexibility index (Phi) is 30.1. The van der Waals surface area contributed by atoms with E-state index in [0.717, 1.165) is 34.6 Å². The summed E-state index contributed by atoms with van der Waals surface area (Å²) in [5, 5.41) is 8.08. The van der Waals surface area contributed by atoms with Crippen LogP contribution in [0.4, 0.5) is 43.9 Å². The smallest absolute Gasteiger partial charge is 0.378 e. The fourth-order valence-electron chi connectivity index (χ4n) is 17.7. The van der Waals surface area contributed by atoms with Gasteiger partial charge in [0.05, 0.1) is 51.2 Å². The highest BCUT2D eigenvalue weighted by atomic mass is 19.4. The van der Waals surface area contributed by atoms with Crippen molar-refractivity contribution in [3.63, 3.8) is 0 Å². The molecule has 618 valence electrons. The number of ether oxygens (including phenoxy) is 1. The SMILES string of the molecule is CC[C@H](C)[C@@H]1NC(=O)[C@H](CC(C)C)N(C)C(=O)C[C@@H](C(=O)N2CCOCC2)N(C)C[C@H](C2CCCC2)N(C)C(=O)C2(CCC2)NC(=O)[C@@H]2CC(F)(F)CN2C(=O)[C@H](CCC2CC(F)C(C(F)(F)F)C(F)C2)NC(=O)CN(C)C(=O)[C@H](CC2CCC(C(F)(F)F)CC2)N2CCCCC[C@@H](C2=O)N(C)C(=O)CN(C)C1=O. The molecule has 4 heterocycles. The first-order chi connectivity index (χ1) is 51.1. The van der Waals surface area contributed by atoms with E-state index < -0.39 is 237 Å². The Bertz CT molecular complexity index is 3190. The van der Waals surface area contributed by atoms with Gasteiger partial charge in [0.25, 0.3) is 5.92 Å². The fourth-order valence-corrected chi connectivity index (χ4v) is 17.7. The molecular formula is C75H116F10N12O12. The number of nitrogens with zero attached hydrogens (tertiary/aromatic N) is 9. The maximum atomic E-state index is 16.2. The summed E-state index contributed by atoms with van der Waals surface area (Å²) in [6.45, 7) is 4.79. The Morgan fingerprint density at radius 2 is 1.23 bits per heavy atom. The van der Waals surface area contributed by atoms with Crippen LogP contribution in [0.3, 0.4) is 0 Å². The molecule has 4 saturated carbocycles. The van der Waals surface area contributed by atoms with Crippen molar-refractivity contribution < 1.29 is 101 Å². The van der Waals surface area contributed by atoms with Crippen LogP contribution in [-0.2, 0) is 57.5 Å². The summed E-state index contributed by atoms with van der Waals surface area (Å²) in [6, 6.07) is -11.3. The monoisotopic (exact) mass is 1570 g/mol. The van der Waals surface area contributed by atoms with E-state index in [-0.39, 0.29) is 109 Å². The van der Waals surface area contributed by atoms with Gasteiger partial charge in [-0.1, -0.05) is 59.8 Å². The van der Waals surface area contributed by atoms with E-state index in [9.17, 15) is 45.5 Å². The molecule has 11 atom stereocenters. The third-order valence-electron chi connectivity index (χ3n) is 24.8. The molecule has 109 heavy (non-hydrogen) atoms. The second-order valence-corrected chi connectivity index (χ2v) is 33.0. The van der Waals surface area contributed by atoms with E-state index in [1.165, 1.54) is 42.9 Å². The van der Waals surface area contributed by atoms with Gasteiger partial charge in [-0.25, -0.2) is 17.6 Å². The van der Waals surface area contributed by atoms with Gasteiger partial charge in [0, 0.05) is 73.9 Å². The normalized spacial score (nSPS) is 32.5. The molecule has 0 radical (unpaired) electrons. The van der Waals surface area contributed by atoms with Crippen LogP contribution in [0, 0.1) is 41.4 Å². The summed E-state index contributed by atoms with van der Waals surface area (Å²) < 4.78 is 153. The molecule has 2 bridgehead atoms. The Morgan fingerprint density at radius 1 is 0.615 bits per heavy atom. The average molecular weight is 1570 g/mol. The van der Waals surface area contributed by atoms with E-state index >= 15 is 51.1 Å². The fraction of sp³-hybridized carbons (Fsp3) is 0.853. The van der Waals surface area contributed by atoms with Crippen LogP contribution >= 0.6 is 0 Å². The molecular weight excluding hydrogens is 1450 g/mol. The van der Waals surface area contributed by atoms with Crippen molar-refractivity contribution >= 4 is 65.0 Å². The molecule has 4 saturated heterocycles. The second kappa shape index (κ2) is 37.4. The Morgan fingerprint density at radius 3 is 1.81 bits per heavy atom. The summed E-state index contributed by atoms with van der Waals surface area (Å²) in [5.74, 6) is -20.4. The van der Waals surface area contributed by atoms with Crippen molar-refractivity contribution in [3.8, 4) is 0 Å². The number of likely N-dealkylation sites (N-methyl/N-ethyl adjacent to an activating group) is 6. The number of carbonyl (C=O) groups is 11. The zero-order valence-electron chi connectivity index (χ0n) is 64.9. The first-order valence-electron chi connectivity index (χ1n) is 39.3. The van der Waals surface area contributed by atoms with E-state index in [0.29, 0.717) is 49.8 Å². The minimum atomic E-state index is -5.26. The van der Waals surface area contributed by atoms with Crippen LogP contribution in [0.25, 0.3) is 0 Å². The van der Waals surface area contributed by atoms with Gasteiger partial charge in [-0.15, -0.1) is 0 Å². The number of amides is 11. The summed E-state index contributed by atoms with van der Waals surface area (Å²) in [4.78, 5) is 177. The molecule has 8 aliphatic rings. The van der Waals surface area contributed by atoms with Gasteiger partial charge in [-0.2, -0.15) is 26.3 Å². The third-order valence-corrected chi connectivity index (χ3v) is 24.8. The van der Waals surface area contributed by atoms with Gasteiger partial charge in [0.1, 0.15) is 60.1 Å². The molecule has 34 heteroatoms. The number of fused-ring (bicyclic) bond motifs is 3. The number of nitrogens with one attached hydrogen (secondary N) is 3. The largest absolute Gasteiger partial charge is 0.397 e. The van der Waals surface area contributed by atoms with Crippen molar-refractivity contribution in [1.82, 2.24) is 60.0 Å². The predicted octanol–water partition coefficient (Wildman–Crippen LogP) is 7.05. The zero-order chi connectivity index (χ0) is 80.5. The number of alkyl halides is 10. The maximum absolute atomic E-state index is 16.2. The average Bonchev–Trinajstić information content (AvgIpc) is 1.74. The maximum Gasteiger partial charge on any atom is 0.397 e. The lowest BCUT2D eigenvalue weighted by molar-refractivity contribution is -0.219. The highest BCUT2D eigenvalue weighted by molar-refractivity contribution is 5.99. The molecule has 0 aromatic heterocycles. The number of halogens is 10. The summed E-state index contributed by atoms with van der Waals surface area (Å²) in [5.41, 5.74) is -1.75. The minimum Gasteiger partial charge on any atom is -0.378 e. The van der Waals surface area contributed by atoms with Gasteiger partial charge in [0.15, 0.2) is 0 Å². The van der Waals surface area contributed by atoms with Crippen molar-refractivity contribution in [2.75, 3.05) is 101 Å². The van der Waals surface area contributed by atoms with Crippen molar-refractivity contribution in [2.45, 2.75) is 266 Å². The van der Waals surface area contributed by atoms with Crippen molar-refractivity contribution in [3.05, 3.63) is 0 Å². The molecule has 8 rings (SSSR count). The lowest BCUT2D eigenvalue weighted by Crippen LogP contribution is -2.67. The molecule has 24 nitrogen and oxygen atoms in total. The molecule has 8 fully saturated rings. The zero-order valence-corrected chi connectivity index (χ0v) is 64.9. The molecule has 1 spiro atoms. The standard InChI is InChI=1S/C75H116F10N12O12/c1-11-45(4)63-70(107)91(7)42-61(100)92(8)53-20-13-12-16-29-96(69(53)106)56(37-46-21-24-49(25-22-46)74(80,81)82)67(104)90(6)41-59(98)86-52(26-23-47-35-50(76)62(51(77)36-47)75(83,84)85)66(103)97-43-73(78,79)39-57(97)65(102)88-72(27-17-28-72)71(108)94(10)58(48-18-14-15-19-48)40-89(5)55(68(105)95-30-32-109-33-31-95)38-60(99)93(9)54(34-44(2)3)64(101)87-63/h44-58,62-63H,11-43H2,1-10H3,(H,86,98)(H,87,101)(H,88,102)/t45-,46?,47?,49?,50?,51?,52-,53-,54-,55-,56-,57-,58+,62?,63-/m0/s1. The number of rotatable bonds is 11. The van der Waals surface area contributed by atoms with Crippen LogP contribution in [0.2, 0.25) is 0 Å². The third kappa shape index (κ3) is 21.8. The summed E-state index contributed by atoms with van der Waals surface area (Å²) in [7, 11) is 8.44. The van der Waals surface area contributed by atoms with Gasteiger partial charge in [0.2, 0.25) is 65.0 Å². The van der Waals surface area contributed by atoms with E-state index in [1.807, 2.05) is 13.8 Å². The van der Waals surface area contributed by atoms with Crippen LogP contribution in [0.5, 0.6) is 0 Å². The molecule has 11 amide bonds. The van der Waals surface area contributed by atoms with E-state index in [2.05, 4.69) is 16.0 Å². The Labute approximate surface area is 633 Å². The minimum absolute atomic E-state index is 0.00909. The lowest BCUT2D eigenvalue weighted by Gasteiger charge is -2.47. The summed E-state index contributed by atoms with van der Waals surface area (Å²) >= 11 is 0. The first kappa shape index (κ1) is 88.0. The number of hydrogen-bond donors (Lipinski definition) is 3. The van der Waals surface area contributed by atoms with Crippen molar-refractivity contribution in [1.29, 1.82) is 0 Å². The Hall–Kier alpha value is -6.61. The number of carbonyl (C=O) groups excluding carboxylic acids is 11. The van der Waals surface area contributed by atoms with Crippen LogP contribution in [-0.4, -0.2) is 295 Å². The second-order valence-electron chi connectivity index (χ2n) is 33.0. The van der Waals surface area contributed by atoms with Gasteiger partial charge in [-0.3, -0.25) is 57.6 Å². The van der Waals surface area contributed by atoms with Crippen LogP contribution < -0.4 is 16.0 Å². The molecule has 0 aromatic rings. The van der Waals surface area contributed by atoms with Crippen LogP contribution in [0.1, 0.15) is 182 Å². The van der Waals surface area contributed by atoms with Crippen LogP contribution in [0.15, 0.2) is 0 Å². The van der Waals surface area contributed by atoms with Gasteiger partial charge >= 0.3 is 12.4 Å². The highest BCUT2D eigenvalue weighted by Crippen LogP contribution is 2.46. The van der Waals surface area contributed by atoms with E-state index in [4.69, 9.17) is 4.74 Å².